The monoisotopic (exact) mass is 369 g/mol. The lowest BCUT2D eigenvalue weighted by Crippen LogP contribution is -2.30. The van der Waals surface area contributed by atoms with Gasteiger partial charge in [0.15, 0.2) is 0 Å². The van der Waals surface area contributed by atoms with Crippen LogP contribution in [0.5, 0.6) is 5.75 Å². The van der Waals surface area contributed by atoms with Gasteiger partial charge in [0.1, 0.15) is 11.4 Å². The minimum absolute atomic E-state index is 0.0918. The Balaban J connectivity index is 1.80. The Morgan fingerprint density at radius 2 is 1.86 bits per heavy atom. The van der Waals surface area contributed by atoms with Gasteiger partial charge in [-0.25, -0.2) is 4.98 Å². The molecule has 1 unspecified atom stereocenters. The molecule has 1 aliphatic rings. The fourth-order valence-corrected chi connectivity index (χ4v) is 4.08. The molecule has 0 bridgehead atoms. The van der Waals surface area contributed by atoms with Crippen LogP contribution in [0.3, 0.4) is 0 Å². The highest BCUT2D eigenvalue weighted by Crippen LogP contribution is 2.39. The summed E-state index contributed by atoms with van der Waals surface area (Å²) < 4.78 is 5.40. The van der Waals surface area contributed by atoms with Gasteiger partial charge in [-0.1, -0.05) is 24.3 Å². The Morgan fingerprint density at radius 3 is 2.64 bits per heavy atom. The number of aromatic nitrogens is 2. The number of ether oxygens (including phenoxy) is 1. The Bertz CT molecular complexity index is 1230. The van der Waals surface area contributed by atoms with Crippen molar-refractivity contribution in [2.75, 3.05) is 7.11 Å². The maximum atomic E-state index is 13.1. The van der Waals surface area contributed by atoms with Gasteiger partial charge < -0.3 is 15.0 Å². The molecule has 5 heteroatoms. The fourth-order valence-electron chi connectivity index (χ4n) is 4.08. The molecule has 2 N–H and O–H groups in total. The van der Waals surface area contributed by atoms with E-state index in [9.17, 15) is 4.79 Å². The summed E-state index contributed by atoms with van der Waals surface area (Å²) in [6.07, 6.45) is 3.72. The molecule has 2 aromatic carbocycles. The molecule has 1 atom stereocenters. The third-order valence-corrected chi connectivity index (χ3v) is 5.40. The van der Waals surface area contributed by atoms with Gasteiger partial charge in [0.05, 0.1) is 13.2 Å². The summed E-state index contributed by atoms with van der Waals surface area (Å²) in [7, 11) is 1.66. The van der Waals surface area contributed by atoms with Crippen molar-refractivity contribution >= 4 is 16.9 Å². The number of hydrogen-bond donors (Lipinski definition) is 2. The zero-order valence-electron chi connectivity index (χ0n) is 15.6. The first-order valence-electron chi connectivity index (χ1n) is 9.18. The zero-order valence-corrected chi connectivity index (χ0v) is 15.6. The zero-order chi connectivity index (χ0) is 19.3. The van der Waals surface area contributed by atoms with Gasteiger partial charge in [0.2, 0.25) is 0 Å². The predicted molar refractivity (Wildman–Crippen MR) is 109 cm³/mol. The first-order valence-corrected chi connectivity index (χ1v) is 9.18. The van der Waals surface area contributed by atoms with E-state index in [1.54, 1.807) is 13.3 Å². The van der Waals surface area contributed by atoms with Gasteiger partial charge in [-0.15, -0.1) is 0 Å². The Kier molecular flexibility index (Phi) is 3.69. The van der Waals surface area contributed by atoms with Crippen molar-refractivity contribution in [2.45, 2.75) is 13.0 Å². The summed E-state index contributed by atoms with van der Waals surface area (Å²) in [5.41, 5.74) is 6.44. The third kappa shape index (κ3) is 2.40. The molecule has 1 aliphatic heterocycles. The van der Waals surface area contributed by atoms with Gasteiger partial charge in [-0.2, -0.15) is 0 Å². The fraction of sp³-hybridized carbons (Fsp3) is 0.130. The van der Waals surface area contributed by atoms with Crippen molar-refractivity contribution in [2.24, 2.45) is 0 Å². The van der Waals surface area contributed by atoms with E-state index in [-0.39, 0.29) is 11.9 Å². The second-order valence-electron chi connectivity index (χ2n) is 7.01. The van der Waals surface area contributed by atoms with Crippen molar-refractivity contribution in [3.63, 3.8) is 0 Å². The highest BCUT2D eigenvalue weighted by molar-refractivity contribution is 6.07. The van der Waals surface area contributed by atoms with E-state index in [4.69, 9.17) is 4.74 Å². The average Bonchev–Trinajstić information content (AvgIpc) is 3.15. The number of amides is 1. The second kappa shape index (κ2) is 6.23. The molecular formula is C23H19N3O2. The molecule has 5 rings (SSSR count). The number of pyridine rings is 1. The number of fused-ring (bicyclic) bond motifs is 2. The Morgan fingerprint density at radius 1 is 1.04 bits per heavy atom. The highest BCUT2D eigenvalue weighted by atomic mass is 16.5. The second-order valence-corrected chi connectivity index (χ2v) is 7.01. The van der Waals surface area contributed by atoms with E-state index in [2.05, 4.69) is 21.4 Å². The molecule has 1 amide bonds. The number of nitrogens with one attached hydrogen (secondary N) is 2. The quantitative estimate of drug-likeness (QED) is 0.551. The highest BCUT2D eigenvalue weighted by Gasteiger charge is 2.28. The van der Waals surface area contributed by atoms with Crippen molar-refractivity contribution in [3.05, 3.63) is 83.2 Å². The number of carbonyl (C=O) groups excluding carboxylic acids is 1. The van der Waals surface area contributed by atoms with Gasteiger partial charge in [0, 0.05) is 28.9 Å². The van der Waals surface area contributed by atoms with Gasteiger partial charge in [-0.05, 0) is 53.4 Å². The number of aromatic amines is 1. The number of carbonyl (C=O) groups is 1. The van der Waals surface area contributed by atoms with Crippen LogP contribution in [0.1, 0.15) is 33.1 Å². The normalized spacial score (nSPS) is 15.5. The van der Waals surface area contributed by atoms with Crippen LogP contribution in [0.15, 0.2) is 60.9 Å². The average molecular weight is 369 g/mol. The summed E-state index contributed by atoms with van der Waals surface area (Å²) in [6, 6.07) is 15.4. The van der Waals surface area contributed by atoms with Gasteiger partial charge in [-0.3, -0.25) is 4.79 Å². The maximum Gasteiger partial charge on any atom is 0.252 e. The number of methoxy groups -OCH3 is 1. The number of rotatable bonds is 2. The molecule has 5 nitrogen and oxygen atoms in total. The topological polar surface area (TPSA) is 67.0 Å². The molecule has 28 heavy (non-hydrogen) atoms. The Hall–Kier alpha value is -3.60. The first kappa shape index (κ1) is 16.6. The Labute approximate surface area is 162 Å². The summed E-state index contributed by atoms with van der Waals surface area (Å²) in [5, 5.41) is 4.25. The van der Waals surface area contributed by atoms with Crippen LogP contribution in [0.2, 0.25) is 0 Å². The molecule has 4 aromatic rings. The van der Waals surface area contributed by atoms with Crippen LogP contribution in [0.25, 0.3) is 22.2 Å². The van der Waals surface area contributed by atoms with Crippen LogP contribution < -0.4 is 10.1 Å². The van der Waals surface area contributed by atoms with E-state index >= 15 is 0 Å². The molecule has 2 aromatic heterocycles. The largest absolute Gasteiger partial charge is 0.496 e. The van der Waals surface area contributed by atoms with Crippen molar-refractivity contribution in [1.29, 1.82) is 0 Å². The van der Waals surface area contributed by atoms with Crippen LogP contribution in [-0.4, -0.2) is 23.0 Å². The lowest BCUT2D eigenvalue weighted by Gasteiger charge is -2.24. The molecule has 3 heterocycles. The summed E-state index contributed by atoms with van der Waals surface area (Å²) in [6.45, 7) is 2.00. The van der Waals surface area contributed by atoms with Crippen LogP contribution in [0, 0.1) is 6.92 Å². The summed E-state index contributed by atoms with van der Waals surface area (Å²) >= 11 is 0. The lowest BCUT2D eigenvalue weighted by atomic mass is 9.89. The smallest absolute Gasteiger partial charge is 0.252 e. The number of H-pyrrole nitrogens is 1. The van der Waals surface area contributed by atoms with Crippen LogP contribution in [0.4, 0.5) is 0 Å². The third-order valence-electron chi connectivity index (χ3n) is 5.40. The van der Waals surface area contributed by atoms with Crippen molar-refractivity contribution < 1.29 is 9.53 Å². The molecule has 0 saturated carbocycles. The van der Waals surface area contributed by atoms with Crippen LogP contribution >= 0.6 is 0 Å². The van der Waals surface area contributed by atoms with Crippen molar-refractivity contribution in [3.8, 4) is 16.9 Å². The first-order chi connectivity index (χ1) is 13.7. The number of aryl methyl sites for hydroxylation is 1. The van der Waals surface area contributed by atoms with E-state index in [1.165, 1.54) is 0 Å². The molecular weight excluding hydrogens is 350 g/mol. The number of nitrogens with zero attached hydrogens (tertiary/aromatic N) is 1. The molecule has 0 radical (unpaired) electrons. The molecule has 138 valence electrons. The standard InChI is InChI=1S/C23H19N3O2/c1-13-11-14(7-8-19(13)28-2)21-18-12-25-22-20(18)16(9-10-24-22)15-5-3-4-6-17(15)23(27)26-21/h3-12,21H,1-2H3,(H,24,25)(H,26,27). The van der Waals surface area contributed by atoms with E-state index < -0.39 is 0 Å². The number of hydrogen-bond acceptors (Lipinski definition) is 3. The van der Waals surface area contributed by atoms with Gasteiger partial charge in [0.25, 0.3) is 5.91 Å². The maximum absolute atomic E-state index is 13.1. The lowest BCUT2D eigenvalue weighted by molar-refractivity contribution is 0.0943. The molecule has 0 fully saturated rings. The van der Waals surface area contributed by atoms with Gasteiger partial charge >= 0.3 is 0 Å². The molecule has 0 saturated heterocycles. The summed E-state index contributed by atoms with van der Waals surface area (Å²) in [4.78, 5) is 20.9. The summed E-state index contributed by atoms with van der Waals surface area (Å²) in [5.74, 6) is 0.735. The predicted octanol–water partition coefficient (Wildman–Crippen LogP) is 4.38. The van der Waals surface area contributed by atoms with E-state index in [0.717, 1.165) is 44.6 Å². The molecule has 0 spiro atoms. The van der Waals surface area contributed by atoms with E-state index in [1.807, 2.05) is 55.6 Å². The minimum Gasteiger partial charge on any atom is -0.496 e. The number of benzene rings is 2. The SMILES string of the molecule is COc1ccc(C2NC(=O)c3ccccc3-c3ccnc4[nH]cc2c34)cc1C. The van der Waals surface area contributed by atoms with E-state index in [0.29, 0.717) is 5.56 Å². The van der Waals surface area contributed by atoms with Crippen LogP contribution in [-0.2, 0) is 0 Å². The van der Waals surface area contributed by atoms with Crippen molar-refractivity contribution in [1.82, 2.24) is 15.3 Å². The minimum atomic E-state index is -0.290. The molecule has 0 aliphatic carbocycles.